The summed E-state index contributed by atoms with van der Waals surface area (Å²) in [6.07, 6.45) is 4.37. The first-order chi connectivity index (χ1) is 9.72. The van der Waals surface area contributed by atoms with E-state index in [0.717, 1.165) is 19.3 Å². The molecule has 0 aliphatic carbocycles. The summed E-state index contributed by atoms with van der Waals surface area (Å²) in [5, 5.41) is 3.27. The van der Waals surface area contributed by atoms with Crippen LogP contribution < -0.4 is 10.7 Å². The molecule has 2 rings (SSSR count). The summed E-state index contributed by atoms with van der Waals surface area (Å²) in [4.78, 5) is 23.8. The third-order valence-corrected chi connectivity index (χ3v) is 3.17. The SMILES string of the molecule is CCCCCCNC(=O)c1cc(=O)c2ccccc2o1. The normalized spacial score (nSPS) is 10.7. The van der Waals surface area contributed by atoms with Crippen LogP contribution in [0.1, 0.15) is 43.2 Å². The van der Waals surface area contributed by atoms with Crippen molar-refractivity contribution in [2.45, 2.75) is 32.6 Å². The fraction of sp³-hybridized carbons (Fsp3) is 0.375. The largest absolute Gasteiger partial charge is 0.451 e. The van der Waals surface area contributed by atoms with Gasteiger partial charge in [0.05, 0.1) is 5.39 Å². The summed E-state index contributed by atoms with van der Waals surface area (Å²) in [6, 6.07) is 8.18. The van der Waals surface area contributed by atoms with E-state index >= 15 is 0 Å². The van der Waals surface area contributed by atoms with Gasteiger partial charge in [0.25, 0.3) is 5.91 Å². The number of rotatable bonds is 6. The summed E-state index contributed by atoms with van der Waals surface area (Å²) in [6.45, 7) is 2.75. The van der Waals surface area contributed by atoms with Gasteiger partial charge in [0, 0.05) is 12.6 Å². The molecular weight excluding hydrogens is 254 g/mol. The van der Waals surface area contributed by atoms with Crippen molar-refractivity contribution < 1.29 is 9.21 Å². The Kier molecular flexibility index (Phi) is 4.93. The topological polar surface area (TPSA) is 59.3 Å². The van der Waals surface area contributed by atoms with Crippen LogP contribution in [0, 0.1) is 0 Å². The van der Waals surface area contributed by atoms with Gasteiger partial charge in [0.2, 0.25) is 0 Å². The molecule has 0 bridgehead atoms. The quantitative estimate of drug-likeness (QED) is 0.823. The number of unbranched alkanes of at least 4 members (excludes halogenated alkanes) is 3. The van der Waals surface area contributed by atoms with E-state index in [-0.39, 0.29) is 17.1 Å². The Labute approximate surface area is 117 Å². The minimum Gasteiger partial charge on any atom is -0.451 e. The second kappa shape index (κ2) is 6.89. The van der Waals surface area contributed by atoms with Gasteiger partial charge in [-0.15, -0.1) is 0 Å². The molecular formula is C16H19NO3. The predicted octanol–water partition coefficient (Wildman–Crippen LogP) is 3.10. The molecule has 1 heterocycles. The molecule has 0 spiro atoms. The molecule has 0 unspecified atom stereocenters. The van der Waals surface area contributed by atoms with Crippen LogP contribution in [0.3, 0.4) is 0 Å². The monoisotopic (exact) mass is 273 g/mol. The Morgan fingerprint density at radius 2 is 2.00 bits per heavy atom. The number of hydrogen-bond acceptors (Lipinski definition) is 3. The molecule has 2 aromatic rings. The average molecular weight is 273 g/mol. The maximum absolute atomic E-state index is 11.9. The van der Waals surface area contributed by atoms with Gasteiger partial charge in [-0.05, 0) is 18.6 Å². The zero-order chi connectivity index (χ0) is 14.4. The number of amides is 1. The van der Waals surface area contributed by atoms with E-state index < -0.39 is 0 Å². The number of hydrogen-bond donors (Lipinski definition) is 1. The van der Waals surface area contributed by atoms with Crippen LogP contribution in [0.4, 0.5) is 0 Å². The highest BCUT2D eigenvalue weighted by molar-refractivity contribution is 5.93. The Morgan fingerprint density at radius 3 is 2.80 bits per heavy atom. The second-order valence-corrected chi connectivity index (χ2v) is 4.79. The molecule has 0 aliphatic rings. The van der Waals surface area contributed by atoms with Crippen LogP contribution >= 0.6 is 0 Å². The first kappa shape index (κ1) is 14.3. The highest BCUT2D eigenvalue weighted by Gasteiger charge is 2.11. The van der Waals surface area contributed by atoms with E-state index in [0.29, 0.717) is 17.5 Å². The van der Waals surface area contributed by atoms with E-state index in [1.807, 2.05) is 0 Å². The summed E-state index contributed by atoms with van der Waals surface area (Å²) in [5.41, 5.74) is 0.249. The summed E-state index contributed by atoms with van der Waals surface area (Å²) >= 11 is 0. The summed E-state index contributed by atoms with van der Waals surface area (Å²) in [7, 11) is 0. The highest BCUT2D eigenvalue weighted by atomic mass is 16.3. The molecule has 106 valence electrons. The van der Waals surface area contributed by atoms with Crippen molar-refractivity contribution in [1.82, 2.24) is 5.32 Å². The third kappa shape index (κ3) is 3.47. The van der Waals surface area contributed by atoms with Gasteiger partial charge < -0.3 is 9.73 Å². The van der Waals surface area contributed by atoms with Gasteiger partial charge in [-0.25, -0.2) is 0 Å². The Hall–Kier alpha value is -2.10. The van der Waals surface area contributed by atoms with Crippen molar-refractivity contribution in [2.24, 2.45) is 0 Å². The van der Waals surface area contributed by atoms with Gasteiger partial charge >= 0.3 is 0 Å². The van der Waals surface area contributed by atoms with E-state index in [2.05, 4.69) is 12.2 Å². The average Bonchev–Trinajstić information content (AvgIpc) is 2.47. The van der Waals surface area contributed by atoms with Crippen LogP contribution in [-0.4, -0.2) is 12.5 Å². The molecule has 20 heavy (non-hydrogen) atoms. The predicted molar refractivity (Wildman–Crippen MR) is 79.0 cm³/mol. The Morgan fingerprint density at radius 1 is 1.20 bits per heavy atom. The molecule has 0 atom stereocenters. The van der Waals surface area contributed by atoms with E-state index in [4.69, 9.17) is 4.42 Å². The van der Waals surface area contributed by atoms with Gasteiger partial charge in [-0.1, -0.05) is 38.3 Å². The summed E-state index contributed by atoms with van der Waals surface area (Å²) < 4.78 is 5.47. The van der Waals surface area contributed by atoms with Gasteiger partial charge in [-0.3, -0.25) is 9.59 Å². The number of nitrogens with one attached hydrogen (secondary N) is 1. The lowest BCUT2D eigenvalue weighted by Gasteiger charge is -2.05. The number of carbonyl (C=O) groups is 1. The second-order valence-electron chi connectivity index (χ2n) is 4.79. The Balaban J connectivity index is 2.05. The first-order valence-electron chi connectivity index (χ1n) is 7.03. The van der Waals surface area contributed by atoms with Crippen LogP contribution in [-0.2, 0) is 0 Å². The van der Waals surface area contributed by atoms with Crippen molar-refractivity contribution in [3.63, 3.8) is 0 Å². The van der Waals surface area contributed by atoms with Gasteiger partial charge in [-0.2, -0.15) is 0 Å². The zero-order valence-electron chi connectivity index (χ0n) is 11.6. The van der Waals surface area contributed by atoms with Crippen LogP contribution in [0.25, 0.3) is 11.0 Å². The standard InChI is InChI=1S/C16H19NO3/c1-2-3-4-7-10-17-16(19)15-11-13(18)12-8-5-6-9-14(12)20-15/h5-6,8-9,11H,2-4,7,10H2,1H3,(H,17,19). The van der Waals surface area contributed by atoms with Crippen molar-refractivity contribution in [3.05, 3.63) is 46.3 Å². The fourth-order valence-corrected chi connectivity index (χ4v) is 2.06. The lowest BCUT2D eigenvalue weighted by molar-refractivity contribution is 0.0926. The molecule has 1 aromatic carbocycles. The van der Waals surface area contributed by atoms with Gasteiger partial charge in [0.1, 0.15) is 5.58 Å². The Bertz CT molecular complexity index is 645. The number of carbonyl (C=O) groups excluding carboxylic acids is 1. The van der Waals surface area contributed by atoms with Crippen molar-refractivity contribution in [2.75, 3.05) is 6.54 Å². The molecule has 0 radical (unpaired) electrons. The maximum Gasteiger partial charge on any atom is 0.287 e. The highest BCUT2D eigenvalue weighted by Crippen LogP contribution is 2.11. The fourth-order valence-electron chi connectivity index (χ4n) is 2.06. The molecule has 0 aliphatic heterocycles. The minimum absolute atomic E-state index is 0.0733. The van der Waals surface area contributed by atoms with Crippen LogP contribution in [0.5, 0.6) is 0 Å². The van der Waals surface area contributed by atoms with Crippen molar-refractivity contribution in [3.8, 4) is 0 Å². The third-order valence-electron chi connectivity index (χ3n) is 3.17. The lowest BCUT2D eigenvalue weighted by Crippen LogP contribution is -2.25. The molecule has 0 saturated heterocycles. The number of benzene rings is 1. The summed E-state index contributed by atoms with van der Waals surface area (Å²) in [5.74, 6) is -0.256. The zero-order valence-corrected chi connectivity index (χ0v) is 11.6. The molecule has 4 nitrogen and oxygen atoms in total. The number of para-hydroxylation sites is 1. The van der Waals surface area contributed by atoms with Crippen molar-refractivity contribution >= 4 is 16.9 Å². The van der Waals surface area contributed by atoms with Crippen LogP contribution in [0.15, 0.2) is 39.5 Å². The van der Waals surface area contributed by atoms with Crippen LogP contribution in [0.2, 0.25) is 0 Å². The minimum atomic E-state index is -0.329. The smallest absolute Gasteiger partial charge is 0.287 e. The number of fused-ring (bicyclic) bond motifs is 1. The molecule has 1 amide bonds. The van der Waals surface area contributed by atoms with Gasteiger partial charge in [0.15, 0.2) is 11.2 Å². The molecule has 1 aromatic heterocycles. The first-order valence-corrected chi connectivity index (χ1v) is 7.03. The molecule has 1 N–H and O–H groups in total. The molecule has 0 fully saturated rings. The molecule has 4 heteroatoms. The van der Waals surface area contributed by atoms with Crippen molar-refractivity contribution in [1.29, 1.82) is 0 Å². The lowest BCUT2D eigenvalue weighted by atomic mass is 10.2. The van der Waals surface area contributed by atoms with E-state index in [9.17, 15) is 9.59 Å². The molecule has 0 saturated carbocycles. The van der Waals surface area contributed by atoms with E-state index in [1.54, 1.807) is 24.3 Å². The maximum atomic E-state index is 11.9. The van der Waals surface area contributed by atoms with E-state index in [1.165, 1.54) is 12.5 Å².